The van der Waals surface area contributed by atoms with E-state index in [0.717, 1.165) is 6.42 Å². The van der Waals surface area contributed by atoms with Gasteiger partial charge in [-0.3, -0.25) is 4.79 Å². The molecule has 1 aromatic rings. The normalized spacial score (nSPS) is 24.7. The van der Waals surface area contributed by atoms with Crippen molar-refractivity contribution < 1.29 is 4.79 Å². The van der Waals surface area contributed by atoms with E-state index in [1.54, 1.807) is 0 Å². The van der Waals surface area contributed by atoms with E-state index in [9.17, 15) is 4.79 Å². The van der Waals surface area contributed by atoms with Crippen molar-refractivity contribution in [2.24, 2.45) is 5.92 Å². The van der Waals surface area contributed by atoms with Gasteiger partial charge in [0.2, 0.25) is 5.91 Å². The molecule has 1 saturated heterocycles. The van der Waals surface area contributed by atoms with Gasteiger partial charge in [-0.1, -0.05) is 37.3 Å². The number of β-lactam (4-membered cyclic amide) rings is 1. The second-order valence-electron chi connectivity index (χ2n) is 5.75. The standard InChI is InChI=1S/C15H21NO/c1-5-12-13(11-9-7-6-8-10-11)16(14(12)17)15(2,3)4/h6-10,12-13H,5H2,1-4H3/t12-,13+/m1/s1. The van der Waals surface area contributed by atoms with Crippen LogP contribution in [0.5, 0.6) is 0 Å². The molecule has 2 nitrogen and oxygen atoms in total. The van der Waals surface area contributed by atoms with Crippen LogP contribution in [0.25, 0.3) is 0 Å². The summed E-state index contributed by atoms with van der Waals surface area (Å²) in [6.45, 7) is 8.41. The third-order valence-electron chi connectivity index (χ3n) is 3.52. The minimum absolute atomic E-state index is 0.0940. The number of likely N-dealkylation sites (tertiary alicyclic amines) is 1. The van der Waals surface area contributed by atoms with Crippen LogP contribution in [-0.4, -0.2) is 16.3 Å². The van der Waals surface area contributed by atoms with Gasteiger partial charge in [-0.15, -0.1) is 0 Å². The first-order chi connectivity index (χ1) is 7.96. The number of carbonyl (C=O) groups excluding carboxylic acids is 1. The van der Waals surface area contributed by atoms with E-state index in [0.29, 0.717) is 5.91 Å². The molecule has 2 atom stereocenters. The van der Waals surface area contributed by atoms with Crippen molar-refractivity contribution >= 4 is 5.91 Å². The highest BCUT2D eigenvalue weighted by Crippen LogP contribution is 2.45. The second kappa shape index (κ2) is 4.17. The Morgan fingerprint density at radius 1 is 1.18 bits per heavy atom. The SMILES string of the molecule is CC[C@H]1C(=O)N(C(C)(C)C)[C@H]1c1ccccc1. The van der Waals surface area contributed by atoms with Crippen LogP contribution >= 0.6 is 0 Å². The fourth-order valence-electron chi connectivity index (χ4n) is 2.73. The molecule has 0 spiro atoms. The lowest BCUT2D eigenvalue weighted by Gasteiger charge is -2.54. The van der Waals surface area contributed by atoms with Crippen LogP contribution in [-0.2, 0) is 4.79 Å². The summed E-state index contributed by atoms with van der Waals surface area (Å²) >= 11 is 0. The van der Waals surface area contributed by atoms with Crippen LogP contribution in [0.4, 0.5) is 0 Å². The maximum absolute atomic E-state index is 12.1. The Morgan fingerprint density at radius 2 is 1.76 bits per heavy atom. The van der Waals surface area contributed by atoms with Crippen molar-refractivity contribution in [2.75, 3.05) is 0 Å². The molecule has 1 heterocycles. The molecule has 0 N–H and O–H groups in total. The van der Waals surface area contributed by atoms with Gasteiger partial charge < -0.3 is 4.90 Å². The van der Waals surface area contributed by atoms with E-state index in [1.165, 1.54) is 5.56 Å². The van der Waals surface area contributed by atoms with Crippen molar-refractivity contribution in [3.63, 3.8) is 0 Å². The molecule has 0 bridgehead atoms. The van der Waals surface area contributed by atoms with Crippen molar-refractivity contribution in [2.45, 2.75) is 45.7 Å². The first-order valence-electron chi connectivity index (χ1n) is 6.35. The third-order valence-corrected chi connectivity index (χ3v) is 3.52. The first kappa shape index (κ1) is 12.2. The molecule has 1 aromatic carbocycles. The van der Waals surface area contributed by atoms with Gasteiger partial charge in [0.1, 0.15) is 0 Å². The summed E-state index contributed by atoms with van der Waals surface area (Å²) in [5, 5.41) is 0. The summed E-state index contributed by atoms with van der Waals surface area (Å²) < 4.78 is 0. The van der Waals surface area contributed by atoms with Gasteiger partial charge >= 0.3 is 0 Å². The highest BCUT2D eigenvalue weighted by Gasteiger charge is 2.50. The molecule has 17 heavy (non-hydrogen) atoms. The van der Waals surface area contributed by atoms with Gasteiger partial charge in [0, 0.05) is 5.54 Å². The molecule has 1 aliphatic heterocycles. The lowest BCUT2D eigenvalue weighted by atomic mass is 9.77. The summed E-state index contributed by atoms with van der Waals surface area (Å²) in [6.07, 6.45) is 0.922. The first-order valence-corrected chi connectivity index (χ1v) is 6.35. The molecular formula is C15H21NO. The number of benzene rings is 1. The Labute approximate surface area is 104 Å². The van der Waals surface area contributed by atoms with E-state index >= 15 is 0 Å². The van der Waals surface area contributed by atoms with Crippen molar-refractivity contribution in [3.8, 4) is 0 Å². The third kappa shape index (κ3) is 1.97. The Bertz CT molecular complexity index is 405. The fraction of sp³-hybridized carbons (Fsp3) is 0.533. The molecule has 0 saturated carbocycles. The summed E-state index contributed by atoms with van der Waals surface area (Å²) in [6, 6.07) is 10.6. The lowest BCUT2D eigenvalue weighted by molar-refractivity contribution is -0.167. The Balaban J connectivity index is 2.33. The number of carbonyl (C=O) groups is 1. The van der Waals surface area contributed by atoms with Gasteiger partial charge in [-0.2, -0.15) is 0 Å². The molecule has 1 aliphatic rings. The minimum atomic E-state index is -0.0940. The van der Waals surface area contributed by atoms with Crippen LogP contribution in [0.2, 0.25) is 0 Å². The molecule has 0 aromatic heterocycles. The monoisotopic (exact) mass is 231 g/mol. The molecule has 1 fully saturated rings. The second-order valence-corrected chi connectivity index (χ2v) is 5.75. The molecule has 0 radical (unpaired) electrons. The van der Waals surface area contributed by atoms with Crippen LogP contribution in [0.15, 0.2) is 30.3 Å². The van der Waals surface area contributed by atoms with Gasteiger partial charge in [0.15, 0.2) is 0 Å². The van der Waals surface area contributed by atoms with E-state index in [-0.39, 0.29) is 17.5 Å². The molecule has 1 amide bonds. The highest BCUT2D eigenvalue weighted by molar-refractivity contribution is 5.87. The zero-order valence-electron chi connectivity index (χ0n) is 11.1. The van der Waals surface area contributed by atoms with Crippen molar-refractivity contribution in [1.29, 1.82) is 0 Å². The number of hydrogen-bond acceptors (Lipinski definition) is 1. The average molecular weight is 231 g/mol. The maximum atomic E-state index is 12.1. The van der Waals surface area contributed by atoms with E-state index in [4.69, 9.17) is 0 Å². The van der Waals surface area contributed by atoms with E-state index < -0.39 is 0 Å². The minimum Gasteiger partial charge on any atom is -0.330 e. The zero-order valence-corrected chi connectivity index (χ0v) is 11.1. The quantitative estimate of drug-likeness (QED) is 0.714. The predicted molar refractivity (Wildman–Crippen MR) is 69.6 cm³/mol. The summed E-state index contributed by atoms with van der Waals surface area (Å²) in [5.74, 6) is 0.463. The number of nitrogens with zero attached hydrogens (tertiary/aromatic N) is 1. The summed E-state index contributed by atoms with van der Waals surface area (Å²) in [7, 11) is 0. The average Bonchev–Trinajstić information content (AvgIpc) is 2.25. The number of rotatable bonds is 2. The van der Waals surface area contributed by atoms with Gasteiger partial charge in [-0.25, -0.2) is 0 Å². The molecule has 92 valence electrons. The molecule has 0 unspecified atom stereocenters. The van der Waals surface area contributed by atoms with Crippen molar-refractivity contribution in [1.82, 2.24) is 4.90 Å². The van der Waals surface area contributed by atoms with Crippen molar-refractivity contribution in [3.05, 3.63) is 35.9 Å². The maximum Gasteiger partial charge on any atom is 0.229 e. The van der Waals surface area contributed by atoms with Crippen LogP contribution < -0.4 is 0 Å². The van der Waals surface area contributed by atoms with E-state index in [1.807, 2.05) is 23.1 Å². The number of amides is 1. The topological polar surface area (TPSA) is 20.3 Å². The highest BCUT2D eigenvalue weighted by atomic mass is 16.2. The largest absolute Gasteiger partial charge is 0.330 e. The number of hydrogen-bond donors (Lipinski definition) is 0. The van der Waals surface area contributed by atoms with Crippen LogP contribution in [0.1, 0.15) is 45.7 Å². The molecular weight excluding hydrogens is 210 g/mol. The Kier molecular flexibility index (Phi) is 2.98. The smallest absolute Gasteiger partial charge is 0.229 e. The predicted octanol–water partition coefficient (Wildman–Crippen LogP) is 3.39. The Morgan fingerprint density at radius 3 is 2.24 bits per heavy atom. The van der Waals surface area contributed by atoms with Crippen LogP contribution in [0, 0.1) is 5.92 Å². The zero-order chi connectivity index (χ0) is 12.6. The van der Waals surface area contributed by atoms with E-state index in [2.05, 4.69) is 39.8 Å². The van der Waals surface area contributed by atoms with Gasteiger partial charge in [0.05, 0.1) is 12.0 Å². The van der Waals surface area contributed by atoms with Gasteiger partial charge in [0.25, 0.3) is 0 Å². The lowest BCUT2D eigenvalue weighted by Crippen LogP contribution is -2.61. The molecule has 2 rings (SSSR count). The van der Waals surface area contributed by atoms with Crippen LogP contribution in [0.3, 0.4) is 0 Å². The molecule has 2 heteroatoms. The molecule has 0 aliphatic carbocycles. The summed E-state index contributed by atoms with van der Waals surface area (Å²) in [4.78, 5) is 14.2. The van der Waals surface area contributed by atoms with Gasteiger partial charge in [-0.05, 0) is 32.8 Å². The summed E-state index contributed by atoms with van der Waals surface area (Å²) in [5.41, 5.74) is 1.16. The Hall–Kier alpha value is -1.31. The fourth-order valence-corrected chi connectivity index (χ4v) is 2.73.